The number of urea groups is 1. The SMILES string of the molecule is CC(C)CNC(=O)N1CCC(C)CC1C(=O)O. The number of carbonyl (C=O) groups excluding carboxylic acids is 1. The number of nitrogens with one attached hydrogen (secondary N) is 1. The maximum absolute atomic E-state index is 11.9. The molecule has 0 aliphatic carbocycles. The van der Waals surface area contributed by atoms with Crippen LogP contribution in [0.4, 0.5) is 4.79 Å². The van der Waals surface area contributed by atoms with Gasteiger partial charge in [-0.15, -0.1) is 0 Å². The number of piperidine rings is 1. The van der Waals surface area contributed by atoms with Gasteiger partial charge in [-0.2, -0.15) is 0 Å². The molecular formula is C12H22N2O3. The maximum atomic E-state index is 11.9. The van der Waals surface area contributed by atoms with Crippen molar-refractivity contribution in [3.05, 3.63) is 0 Å². The van der Waals surface area contributed by atoms with Crippen molar-refractivity contribution in [1.82, 2.24) is 10.2 Å². The monoisotopic (exact) mass is 242 g/mol. The molecule has 2 unspecified atom stereocenters. The lowest BCUT2D eigenvalue weighted by atomic mass is 9.93. The van der Waals surface area contributed by atoms with E-state index in [-0.39, 0.29) is 6.03 Å². The Hall–Kier alpha value is -1.26. The number of aliphatic carboxylic acids is 1. The number of hydrogen-bond acceptors (Lipinski definition) is 2. The number of nitrogens with zero attached hydrogens (tertiary/aromatic N) is 1. The molecule has 1 rings (SSSR count). The van der Waals surface area contributed by atoms with Gasteiger partial charge in [0.2, 0.25) is 0 Å². The molecule has 0 bridgehead atoms. The molecule has 5 nitrogen and oxygen atoms in total. The summed E-state index contributed by atoms with van der Waals surface area (Å²) < 4.78 is 0. The first kappa shape index (κ1) is 13.8. The summed E-state index contributed by atoms with van der Waals surface area (Å²) in [6, 6.07) is -0.927. The molecule has 5 heteroatoms. The number of hydrogen-bond donors (Lipinski definition) is 2. The predicted molar refractivity (Wildman–Crippen MR) is 64.8 cm³/mol. The fourth-order valence-corrected chi connectivity index (χ4v) is 2.01. The number of likely N-dealkylation sites (tertiary alicyclic amines) is 1. The van der Waals surface area contributed by atoms with Gasteiger partial charge >= 0.3 is 12.0 Å². The first-order valence-electron chi connectivity index (χ1n) is 6.19. The summed E-state index contributed by atoms with van der Waals surface area (Å²) in [6.07, 6.45) is 1.42. The van der Waals surface area contributed by atoms with Crippen LogP contribution in [0.1, 0.15) is 33.6 Å². The van der Waals surface area contributed by atoms with Gasteiger partial charge in [0.1, 0.15) is 6.04 Å². The first-order chi connectivity index (χ1) is 7.91. The Kier molecular flexibility index (Phi) is 4.78. The Labute approximate surface area is 102 Å². The molecule has 17 heavy (non-hydrogen) atoms. The molecule has 0 saturated carbocycles. The van der Waals surface area contributed by atoms with E-state index in [4.69, 9.17) is 5.11 Å². The largest absolute Gasteiger partial charge is 0.480 e. The Morgan fingerprint density at radius 3 is 2.65 bits per heavy atom. The predicted octanol–water partition coefficient (Wildman–Crippen LogP) is 1.54. The van der Waals surface area contributed by atoms with Crippen LogP contribution in [-0.4, -0.2) is 41.1 Å². The maximum Gasteiger partial charge on any atom is 0.326 e. The molecule has 0 aromatic rings. The van der Waals surface area contributed by atoms with Gasteiger partial charge in [0, 0.05) is 13.1 Å². The molecule has 1 fully saturated rings. The summed E-state index contributed by atoms with van der Waals surface area (Å²) in [4.78, 5) is 24.5. The molecule has 1 aliphatic rings. The summed E-state index contributed by atoms with van der Waals surface area (Å²) in [5.41, 5.74) is 0. The second-order valence-electron chi connectivity index (χ2n) is 5.26. The van der Waals surface area contributed by atoms with E-state index < -0.39 is 12.0 Å². The van der Waals surface area contributed by atoms with E-state index in [1.807, 2.05) is 20.8 Å². The quantitative estimate of drug-likeness (QED) is 0.788. The normalized spacial score (nSPS) is 24.8. The minimum Gasteiger partial charge on any atom is -0.480 e. The molecule has 1 heterocycles. The average Bonchev–Trinajstić information content (AvgIpc) is 2.25. The standard InChI is InChI=1S/C12H22N2O3/c1-8(2)7-13-12(17)14-5-4-9(3)6-10(14)11(15)16/h8-10H,4-7H2,1-3H3,(H,13,17)(H,15,16). The van der Waals surface area contributed by atoms with E-state index in [0.717, 1.165) is 6.42 Å². The van der Waals surface area contributed by atoms with Crippen LogP contribution in [0.15, 0.2) is 0 Å². The van der Waals surface area contributed by atoms with Crippen molar-refractivity contribution in [3.8, 4) is 0 Å². The molecule has 2 N–H and O–H groups in total. The van der Waals surface area contributed by atoms with Crippen LogP contribution in [0.3, 0.4) is 0 Å². The number of carboxylic acids is 1. The van der Waals surface area contributed by atoms with Crippen molar-refractivity contribution in [1.29, 1.82) is 0 Å². The highest BCUT2D eigenvalue weighted by Gasteiger charge is 2.34. The third-order valence-corrected chi connectivity index (χ3v) is 3.07. The van der Waals surface area contributed by atoms with Crippen LogP contribution < -0.4 is 5.32 Å². The zero-order chi connectivity index (χ0) is 13.0. The Bertz CT molecular complexity index is 291. The molecule has 0 spiro atoms. The third kappa shape index (κ3) is 3.91. The number of rotatable bonds is 3. The van der Waals surface area contributed by atoms with Crippen molar-refractivity contribution in [2.75, 3.05) is 13.1 Å². The summed E-state index contributed by atoms with van der Waals surface area (Å²) in [6.45, 7) is 7.15. The zero-order valence-corrected chi connectivity index (χ0v) is 10.8. The van der Waals surface area contributed by atoms with Crippen molar-refractivity contribution in [2.45, 2.75) is 39.7 Å². The van der Waals surface area contributed by atoms with E-state index in [1.54, 1.807) is 0 Å². The smallest absolute Gasteiger partial charge is 0.326 e. The van der Waals surface area contributed by atoms with E-state index in [1.165, 1.54) is 4.90 Å². The minimum atomic E-state index is -0.906. The van der Waals surface area contributed by atoms with Gasteiger partial charge in [0.25, 0.3) is 0 Å². The summed E-state index contributed by atoms with van der Waals surface area (Å²) in [5, 5.41) is 11.9. The van der Waals surface area contributed by atoms with Gasteiger partial charge in [-0.05, 0) is 24.7 Å². The van der Waals surface area contributed by atoms with Crippen LogP contribution in [-0.2, 0) is 4.79 Å². The van der Waals surface area contributed by atoms with Crippen LogP contribution in [0.25, 0.3) is 0 Å². The van der Waals surface area contributed by atoms with Crippen LogP contribution >= 0.6 is 0 Å². The van der Waals surface area contributed by atoms with Gasteiger partial charge in [0.05, 0.1) is 0 Å². The van der Waals surface area contributed by atoms with E-state index in [9.17, 15) is 9.59 Å². The van der Waals surface area contributed by atoms with E-state index in [0.29, 0.717) is 31.3 Å². The van der Waals surface area contributed by atoms with Crippen molar-refractivity contribution >= 4 is 12.0 Å². The third-order valence-electron chi connectivity index (χ3n) is 3.07. The highest BCUT2D eigenvalue weighted by atomic mass is 16.4. The Morgan fingerprint density at radius 1 is 1.47 bits per heavy atom. The van der Waals surface area contributed by atoms with Crippen LogP contribution in [0, 0.1) is 11.8 Å². The number of carbonyl (C=O) groups is 2. The Morgan fingerprint density at radius 2 is 2.12 bits per heavy atom. The van der Waals surface area contributed by atoms with Gasteiger partial charge in [0.15, 0.2) is 0 Å². The van der Waals surface area contributed by atoms with Gasteiger partial charge in [-0.3, -0.25) is 0 Å². The molecule has 2 atom stereocenters. The summed E-state index contributed by atoms with van der Waals surface area (Å²) >= 11 is 0. The highest BCUT2D eigenvalue weighted by molar-refractivity contribution is 5.82. The molecule has 98 valence electrons. The fraction of sp³-hybridized carbons (Fsp3) is 0.833. The minimum absolute atomic E-state index is 0.252. The zero-order valence-electron chi connectivity index (χ0n) is 10.8. The second kappa shape index (κ2) is 5.89. The second-order valence-corrected chi connectivity index (χ2v) is 5.26. The van der Waals surface area contributed by atoms with Crippen molar-refractivity contribution in [3.63, 3.8) is 0 Å². The van der Waals surface area contributed by atoms with Crippen molar-refractivity contribution < 1.29 is 14.7 Å². The summed E-state index contributed by atoms with van der Waals surface area (Å²) in [7, 11) is 0. The molecule has 0 aromatic carbocycles. The molecule has 0 aromatic heterocycles. The summed E-state index contributed by atoms with van der Waals surface area (Å²) in [5.74, 6) is -0.174. The fourth-order valence-electron chi connectivity index (χ4n) is 2.01. The molecule has 1 saturated heterocycles. The lowest BCUT2D eigenvalue weighted by Crippen LogP contribution is -2.53. The van der Waals surface area contributed by atoms with Crippen LogP contribution in [0.5, 0.6) is 0 Å². The lowest BCUT2D eigenvalue weighted by molar-refractivity contribution is -0.143. The van der Waals surface area contributed by atoms with Gasteiger partial charge < -0.3 is 15.3 Å². The van der Waals surface area contributed by atoms with Gasteiger partial charge in [-0.1, -0.05) is 20.8 Å². The lowest BCUT2D eigenvalue weighted by Gasteiger charge is -2.36. The molecule has 2 amide bonds. The molecule has 1 aliphatic heterocycles. The Balaban J connectivity index is 2.60. The number of amides is 2. The van der Waals surface area contributed by atoms with Gasteiger partial charge in [-0.25, -0.2) is 9.59 Å². The molecule has 0 radical (unpaired) electrons. The van der Waals surface area contributed by atoms with E-state index >= 15 is 0 Å². The average molecular weight is 242 g/mol. The van der Waals surface area contributed by atoms with Crippen molar-refractivity contribution in [2.24, 2.45) is 11.8 Å². The highest BCUT2D eigenvalue weighted by Crippen LogP contribution is 2.22. The number of carboxylic acid groups (broad SMARTS) is 1. The molecular weight excluding hydrogens is 220 g/mol. The first-order valence-corrected chi connectivity index (χ1v) is 6.19. The van der Waals surface area contributed by atoms with Crippen LogP contribution in [0.2, 0.25) is 0 Å². The topological polar surface area (TPSA) is 69.6 Å². The van der Waals surface area contributed by atoms with E-state index in [2.05, 4.69) is 5.32 Å².